The zero-order chi connectivity index (χ0) is 36.9. The topological polar surface area (TPSA) is 56.7 Å². The zero-order valence-corrected chi connectivity index (χ0v) is 27.6. The summed E-state index contributed by atoms with van der Waals surface area (Å²) in [5.74, 6) is 0.857. The molecule has 0 aliphatic carbocycles. The smallest absolute Gasteiger partial charge is 0.164 e. The van der Waals surface area contributed by atoms with Crippen LogP contribution in [0, 0.1) is 0 Å². The maximum absolute atomic E-state index is 9.81. The number of fused-ring (bicyclic) bond motifs is 10. The third kappa shape index (κ3) is 4.37. The summed E-state index contributed by atoms with van der Waals surface area (Å²) in [7, 11) is 0. The van der Waals surface area contributed by atoms with Crippen molar-refractivity contribution in [3.63, 3.8) is 0 Å². The number of hydrogen-bond acceptors (Lipinski definition) is 5. The first-order chi connectivity index (χ1) is 26.9. The van der Waals surface area contributed by atoms with Crippen molar-refractivity contribution in [1.82, 2.24) is 19.5 Å². The van der Waals surface area contributed by atoms with E-state index in [0.29, 0.717) is 11.6 Å². The molecule has 0 fully saturated rings. The number of nitrogens with zero attached hydrogens (tertiary/aromatic N) is 4. The molecular weight excluding hydrogens is 645 g/mol. The first-order valence-electron chi connectivity index (χ1n) is 18.6. The van der Waals surface area contributed by atoms with E-state index < -0.39 is 0 Å². The van der Waals surface area contributed by atoms with Crippen LogP contribution in [0.15, 0.2) is 162 Å². The van der Waals surface area contributed by atoms with Crippen LogP contribution in [0.25, 0.3) is 104 Å². The van der Waals surface area contributed by atoms with Crippen LogP contribution in [0.3, 0.4) is 0 Å². The number of aromatic nitrogens is 4. The minimum atomic E-state index is -0.323. The highest BCUT2D eigenvalue weighted by atomic mass is 32.1. The molecule has 0 saturated carbocycles. The Hall–Kier alpha value is -6.63. The average Bonchev–Trinajstić information content (AvgIpc) is 3.90. The van der Waals surface area contributed by atoms with Crippen molar-refractivity contribution in [2.75, 3.05) is 0 Å². The van der Waals surface area contributed by atoms with Gasteiger partial charge in [-0.3, -0.25) is 0 Å². The fraction of sp³-hybridized carbons (Fsp3) is 0. The van der Waals surface area contributed by atoms with Crippen molar-refractivity contribution in [3.05, 3.63) is 158 Å². The maximum Gasteiger partial charge on any atom is 0.164 e. The Labute approximate surface area is 301 Å². The molecule has 11 aromatic rings. The number of rotatable bonds is 4. The quantitative estimate of drug-likeness (QED) is 0.186. The maximum atomic E-state index is 9.81. The molecule has 0 unspecified atom stereocenters. The molecule has 0 atom stereocenters. The fourth-order valence-electron chi connectivity index (χ4n) is 7.27. The highest BCUT2D eigenvalue weighted by molar-refractivity contribution is 7.25. The molecule has 4 aromatic heterocycles. The molecule has 0 aliphatic heterocycles. The Morgan fingerprint density at radius 2 is 1.22 bits per heavy atom. The predicted octanol–water partition coefficient (Wildman–Crippen LogP) is 12.2. The number of benzene rings is 7. The Morgan fingerprint density at radius 3 is 2.10 bits per heavy atom. The molecule has 0 aliphatic rings. The Bertz CT molecular complexity index is 3390. The number of para-hydroxylation sites is 2. The zero-order valence-electron chi connectivity index (χ0n) is 30.8. The van der Waals surface area contributed by atoms with Crippen molar-refractivity contribution >= 4 is 75.3 Å². The summed E-state index contributed by atoms with van der Waals surface area (Å²) in [6.07, 6.45) is 0. The van der Waals surface area contributed by atoms with Crippen molar-refractivity contribution in [2.24, 2.45) is 0 Å². The number of hydrogen-bond donors (Lipinski definition) is 0. The Morgan fingerprint density at radius 1 is 0.510 bits per heavy atom. The van der Waals surface area contributed by atoms with Gasteiger partial charge in [-0.1, -0.05) is 109 Å². The first kappa shape index (κ1) is 24.5. The van der Waals surface area contributed by atoms with E-state index in [2.05, 4.69) is 24.3 Å². The van der Waals surface area contributed by atoms with E-state index >= 15 is 0 Å². The Balaban J connectivity index is 1.19. The molecule has 0 bridgehead atoms. The summed E-state index contributed by atoms with van der Waals surface area (Å²) in [5.41, 5.74) is 4.75. The van der Waals surface area contributed by atoms with Gasteiger partial charge in [-0.15, -0.1) is 11.3 Å². The summed E-state index contributed by atoms with van der Waals surface area (Å²) < 4.78 is 47.8. The third-order valence-corrected chi connectivity index (χ3v) is 10.7. The predicted molar refractivity (Wildman–Crippen MR) is 211 cm³/mol. The summed E-state index contributed by atoms with van der Waals surface area (Å²) in [6, 6.07) is 42.7. The van der Waals surface area contributed by atoms with Crippen LogP contribution in [0.2, 0.25) is 0 Å². The molecular formula is C45H26N4OS. The molecule has 0 saturated heterocycles. The molecule has 7 aromatic carbocycles. The molecule has 0 spiro atoms. The summed E-state index contributed by atoms with van der Waals surface area (Å²) in [6.45, 7) is 0. The monoisotopic (exact) mass is 674 g/mol. The molecule has 5 nitrogen and oxygen atoms in total. The van der Waals surface area contributed by atoms with Crippen molar-refractivity contribution in [1.29, 1.82) is 0 Å². The van der Waals surface area contributed by atoms with Gasteiger partial charge in [0.2, 0.25) is 0 Å². The molecule has 238 valence electrons. The molecule has 11 rings (SSSR count). The van der Waals surface area contributed by atoms with Crippen molar-refractivity contribution < 1.29 is 9.90 Å². The summed E-state index contributed by atoms with van der Waals surface area (Å²) in [4.78, 5) is 14.7. The molecule has 6 heteroatoms. The van der Waals surface area contributed by atoms with E-state index in [4.69, 9.17) is 20.7 Å². The van der Waals surface area contributed by atoms with Gasteiger partial charge in [-0.25, -0.2) is 15.0 Å². The van der Waals surface area contributed by atoms with Crippen LogP contribution in [0.1, 0.15) is 5.48 Å². The van der Waals surface area contributed by atoms with Gasteiger partial charge in [0, 0.05) is 64.1 Å². The van der Waals surface area contributed by atoms with E-state index in [1.807, 2.05) is 114 Å². The number of furan rings is 1. The number of thiophene rings is 1. The van der Waals surface area contributed by atoms with Crippen LogP contribution >= 0.6 is 11.3 Å². The lowest BCUT2D eigenvalue weighted by Gasteiger charge is -2.11. The highest BCUT2D eigenvalue weighted by Crippen LogP contribution is 2.42. The fourth-order valence-corrected chi connectivity index (χ4v) is 8.42. The minimum absolute atomic E-state index is 0.0561. The van der Waals surface area contributed by atoms with E-state index in [1.54, 1.807) is 11.3 Å². The lowest BCUT2D eigenvalue weighted by atomic mass is 10.1. The second-order valence-corrected chi connectivity index (χ2v) is 13.6. The van der Waals surface area contributed by atoms with E-state index in [1.165, 1.54) is 10.1 Å². The van der Waals surface area contributed by atoms with Crippen molar-refractivity contribution in [3.8, 4) is 39.9 Å². The standard InChI is InChI=1S/C45H26N4OS/c1-2-11-27(12-3-1)43-46-44(48-45(47-43)29-21-22-32-31-15-6-9-20-39(31)51-40(32)26-29)28-13-10-14-30(25-28)49-35-18-7-4-16-33(35)41-36(49)23-24-38-42(41)34-17-5-8-19-37(34)50-38/h1-26H/i10D,13D,14D,25D. The molecule has 0 amide bonds. The van der Waals surface area contributed by atoms with E-state index in [-0.39, 0.29) is 41.2 Å². The summed E-state index contributed by atoms with van der Waals surface area (Å²) in [5, 5.41) is 6.07. The molecule has 4 heterocycles. The van der Waals surface area contributed by atoms with Gasteiger partial charge in [0.25, 0.3) is 0 Å². The van der Waals surface area contributed by atoms with Gasteiger partial charge in [0.05, 0.1) is 16.5 Å². The van der Waals surface area contributed by atoms with Gasteiger partial charge in [0.1, 0.15) is 11.2 Å². The minimum Gasteiger partial charge on any atom is -0.456 e. The molecule has 0 N–H and O–H groups in total. The third-order valence-electron chi connectivity index (χ3n) is 9.54. The van der Waals surface area contributed by atoms with Crippen molar-refractivity contribution in [2.45, 2.75) is 0 Å². The lowest BCUT2D eigenvalue weighted by molar-refractivity contribution is 0.669. The van der Waals surface area contributed by atoms with Crippen LogP contribution < -0.4 is 0 Å². The van der Waals surface area contributed by atoms with Crippen LogP contribution in [-0.4, -0.2) is 19.5 Å². The average molecular weight is 675 g/mol. The second kappa shape index (κ2) is 10.9. The van der Waals surface area contributed by atoms with Crippen LogP contribution in [0.4, 0.5) is 0 Å². The van der Waals surface area contributed by atoms with Gasteiger partial charge < -0.3 is 8.98 Å². The normalized spacial score (nSPS) is 13.0. The van der Waals surface area contributed by atoms with E-state index in [0.717, 1.165) is 65.0 Å². The van der Waals surface area contributed by atoms with Gasteiger partial charge >= 0.3 is 0 Å². The second-order valence-electron chi connectivity index (χ2n) is 12.5. The van der Waals surface area contributed by atoms with Gasteiger partial charge in [0.15, 0.2) is 17.5 Å². The summed E-state index contributed by atoms with van der Waals surface area (Å²) >= 11 is 1.70. The molecule has 51 heavy (non-hydrogen) atoms. The lowest BCUT2D eigenvalue weighted by Crippen LogP contribution is -2.01. The highest BCUT2D eigenvalue weighted by Gasteiger charge is 2.20. The SMILES string of the molecule is [2H]c1c([2H])c(-c2nc(-c3ccccc3)nc(-c3ccc4c(c3)sc3ccccc34)n2)c([2H])c(-n2c3ccccc3c3c4c(ccc32)oc2ccccc24)c1[2H]. The van der Waals surface area contributed by atoms with Gasteiger partial charge in [-0.2, -0.15) is 0 Å². The Kier molecular flexibility index (Phi) is 5.25. The largest absolute Gasteiger partial charge is 0.456 e. The van der Waals surface area contributed by atoms with Crippen LogP contribution in [-0.2, 0) is 0 Å². The van der Waals surface area contributed by atoms with Crippen LogP contribution in [0.5, 0.6) is 0 Å². The van der Waals surface area contributed by atoms with E-state index in [9.17, 15) is 4.11 Å². The molecule has 0 radical (unpaired) electrons. The van der Waals surface area contributed by atoms with Gasteiger partial charge in [-0.05, 0) is 48.5 Å². The first-order valence-corrected chi connectivity index (χ1v) is 17.4.